The van der Waals surface area contributed by atoms with Crippen LogP contribution >= 0.6 is 0 Å². The van der Waals surface area contributed by atoms with E-state index in [2.05, 4.69) is 9.97 Å². The smallest absolute Gasteiger partial charge is 0.290 e. The molecular formula is C21H24N4O3. The summed E-state index contributed by atoms with van der Waals surface area (Å²) in [7, 11) is 3.49. The molecule has 0 radical (unpaired) electrons. The quantitative estimate of drug-likeness (QED) is 0.678. The number of oxazole rings is 1. The summed E-state index contributed by atoms with van der Waals surface area (Å²) < 4.78 is 13.2. The Bertz CT molecular complexity index is 962. The predicted molar refractivity (Wildman–Crippen MR) is 103 cm³/mol. The van der Waals surface area contributed by atoms with Crippen molar-refractivity contribution in [3.8, 4) is 5.75 Å². The number of carbonyl (C=O) groups is 1. The second-order valence-corrected chi connectivity index (χ2v) is 7.03. The molecule has 28 heavy (non-hydrogen) atoms. The highest BCUT2D eigenvalue weighted by molar-refractivity contribution is 5.91. The molecule has 3 aromatic rings. The zero-order valence-corrected chi connectivity index (χ0v) is 16.2. The first-order valence-electron chi connectivity index (χ1n) is 9.52. The third kappa shape index (κ3) is 3.52. The van der Waals surface area contributed by atoms with Gasteiger partial charge in [0.05, 0.1) is 13.3 Å². The molecule has 0 N–H and O–H groups in total. The molecule has 0 aliphatic carbocycles. The number of imidazole rings is 1. The minimum atomic E-state index is -0.163. The van der Waals surface area contributed by atoms with E-state index in [-0.39, 0.29) is 11.9 Å². The number of hydrogen-bond acceptors (Lipinski definition) is 5. The first-order chi connectivity index (χ1) is 13.7. The summed E-state index contributed by atoms with van der Waals surface area (Å²) >= 11 is 0. The van der Waals surface area contributed by atoms with Gasteiger partial charge >= 0.3 is 0 Å². The van der Waals surface area contributed by atoms with Crippen LogP contribution in [0.4, 0.5) is 0 Å². The van der Waals surface area contributed by atoms with Gasteiger partial charge in [0.1, 0.15) is 17.6 Å². The Hall–Kier alpha value is -3.09. The average molecular weight is 380 g/mol. The summed E-state index contributed by atoms with van der Waals surface area (Å²) in [6, 6.07) is 7.70. The van der Waals surface area contributed by atoms with Crippen molar-refractivity contribution in [2.24, 2.45) is 7.05 Å². The number of likely N-dealkylation sites (tertiary alicyclic amines) is 1. The van der Waals surface area contributed by atoms with Crippen molar-refractivity contribution in [2.75, 3.05) is 13.7 Å². The van der Waals surface area contributed by atoms with Gasteiger partial charge in [-0.15, -0.1) is 0 Å². The monoisotopic (exact) mass is 380 g/mol. The Kier molecular flexibility index (Phi) is 5.14. The fourth-order valence-corrected chi connectivity index (χ4v) is 3.73. The molecule has 0 spiro atoms. The van der Waals surface area contributed by atoms with Crippen LogP contribution in [0, 0.1) is 0 Å². The molecule has 4 rings (SSSR count). The lowest BCUT2D eigenvalue weighted by Crippen LogP contribution is -2.39. The number of ether oxygens (including phenoxy) is 1. The molecule has 1 aromatic carbocycles. The molecule has 2 aromatic heterocycles. The van der Waals surface area contributed by atoms with Gasteiger partial charge < -0.3 is 18.6 Å². The number of carbonyl (C=O) groups excluding carboxylic acids is 1. The molecule has 1 saturated heterocycles. The van der Waals surface area contributed by atoms with Crippen molar-refractivity contribution in [3.05, 3.63) is 65.9 Å². The van der Waals surface area contributed by atoms with Gasteiger partial charge in [-0.2, -0.15) is 0 Å². The van der Waals surface area contributed by atoms with E-state index >= 15 is 0 Å². The summed E-state index contributed by atoms with van der Waals surface area (Å²) in [6.07, 6.45) is 8.62. The van der Waals surface area contributed by atoms with Crippen LogP contribution in [0.25, 0.3) is 0 Å². The molecule has 3 heterocycles. The Morgan fingerprint density at radius 1 is 1.29 bits per heavy atom. The number of hydrogen-bond donors (Lipinski definition) is 0. The van der Waals surface area contributed by atoms with Crippen LogP contribution < -0.4 is 4.74 Å². The molecule has 1 amide bonds. The van der Waals surface area contributed by atoms with E-state index in [4.69, 9.17) is 9.15 Å². The molecule has 0 saturated carbocycles. The average Bonchev–Trinajstić information content (AvgIpc) is 3.37. The van der Waals surface area contributed by atoms with Crippen molar-refractivity contribution in [3.63, 3.8) is 0 Å². The lowest BCUT2D eigenvalue weighted by molar-refractivity contribution is 0.0554. The van der Waals surface area contributed by atoms with Gasteiger partial charge in [-0.05, 0) is 25.3 Å². The highest BCUT2D eigenvalue weighted by Crippen LogP contribution is 2.32. The second kappa shape index (κ2) is 7.88. The highest BCUT2D eigenvalue weighted by Gasteiger charge is 2.33. The van der Waals surface area contributed by atoms with E-state index < -0.39 is 0 Å². The van der Waals surface area contributed by atoms with E-state index in [9.17, 15) is 4.79 Å². The third-order valence-corrected chi connectivity index (χ3v) is 5.19. The molecule has 1 atom stereocenters. The third-order valence-electron chi connectivity index (χ3n) is 5.19. The normalized spacial score (nSPS) is 16.9. The summed E-state index contributed by atoms with van der Waals surface area (Å²) in [4.78, 5) is 23.5. The summed E-state index contributed by atoms with van der Waals surface area (Å²) in [6.45, 7) is 0.681. The maximum absolute atomic E-state index is 13.0. The molecule has 1 aliphatic heterocycles. The maximum Gasteiger partial charge on any atom is 0.290 e. The number of rotatable bonds is 5. The fourth-order valence-electron chi connectivity index (χ4n) is 3.73. The maximum atomic E-state index is 13.0. The van der Waals surface area contributed by atoms with Gasteiger partial charge in [0.25, 0.3) is 5.91 Å². The summed E-state index contributed by atoms with van der Waals surface area (Å²) in [5, 5.41) is 0. The van der Waals surface area contributed by atoms with Crippen LogP contribution in [0.2, 0.25) is 0 Å². The van der Waals surface area contributed by atoms with Crippen molar-refractivity contribution in [2.45, 2.75) is 31.7 Å². The number of para-hydroxylation sites is 1. The Morgan fingerprint density at radius 2 is 2.14 bits per heavy atom. The van der Waals surface area contributed by atoms with Crippen molar-refractivity contribution in [1.29, 1.82) is 0 Å². The molecule has 7 nitrogen and oxygen atoms in total. The van der Waals surface area contributed by atoms with Gasteiger partial charge in [0.2, 0.25) is 5.89 Å². The van der Waals surface area contributed by atoms with Gasteiger partial charge in [0.15, 0.2) is 5.82 Å². The molecule has 0 unspecified atom stereocenters. The number of piperidine rings is 1. The standard InChI is InChI=1S/C21H24N4O3/c1-24-12-10-22-19(24)21(26)25-11-6-5-8-17(25)20-23-14-16(28-20)13-15-7-3-4-9-18(15)27-2/h3-4,7,9-10,12,14,17H,5-6,8,11,13H2,1-2H3/t17-/m1/s1. The van der Waals surface area contributed by atoms with Crippen LogP contribution in [0.3, 0.4) is 0 Å². The van der Waals surface area contributed by atoms with Crippen LogP contribution in [0.15, 0.2) is 47.3 Å². The lowest BCUT2D eigenvalue weighted by atomic mass is 10.0. The zero-order valence-electron chi connectivity index (χ0n) is 16.2. The molecule has 146 valence electrons. The number of aromatic nitrogens is 3. The van der Waals surface area contributed by atoms with Gasteiger partial charge in [-0.1, -0.05) is 18.2 Å². The fraction of sp³-hybridized carbons (Fsp3) is 0.381. The Morgan fingerprint density at radius 3 is 2.93 bits per heavy atom. The van der Waals surface area contributed by atoms with E-state index in [1.54, 1.807) is 30.3 Å². The van der Waals surface area contributed by atoms with Crippen LogP contribution in [0.5, 0.6) is 5.75 Å². The Balaban J connectivity index is 1.56. The molecule has 1 fully saturated rings. The van der Waals surface area contributed by atoms with Gasteiger partial charge in [0, 0.05) is 38.0 Å². The van der Waals surface area contributed by atoms with E-state index in [1.807, 2.05) is 36.2 Å². The second-order valence-electron chi connectivity index (χ2n) is 7.03. The summed E-state index contributed by atoms with van der Waals surface area (Å²) in [5.41, 5.74) is 1.04. The largest absolute Gasteiger partial charge is 0.496 e. The first-order valence-corrected chi connectivity index (χ1v) is 9.52. The first kappa shape index (κ1) is 18.3. The molecule has 7 heteroatoms. The highest BCUT2D eigenvalue weighted by atomic mass is 16.5. The summed E-state index contributed by atoms with van der Waals surface area (Å²) in [5.74, 6) is 2.53. The van der Waals surface area contributed by atoms with Crippen LogP contribution in [-0.2, 0) is 13.5 Å². The Labute approximate surface area is 164 Å². The minimum Gasteiger partial charge on any atom is -0.496 e. The number of benzene rings is 1. The number of methoxy groups -OCH3 is 1. The molecule has 1 aliphatic rings. The van der Waals surface area contributed by atoms with E-state index in [0.717, 1.165) is 36.3 Å². The van der Waals surface area contributed by atoms with E-state index in [0.29, 0.717) is 24.7 Å². The van der Waals surface area contributed by atoms with E-state index in [1.165, 1.54) is 0 Å². The minimum absolute atomic E-state index is 0.0818. The number of aryl methyl sites for hydroxylation is 1. The zero-order chi connectivity index (χ0) is 19.5. The van der Waals surface area contributed by atoms with Crippen LogP contribution in [-0.4, -0.2) is 39.0 Å². The van der Waals surface area contributed by atoms with Crippen molar-refractivity contribution in [1.82, 2.24) is 19.4 Å². The molecular weight excluding hydrogens is 356 g/mol. The SMILES string of the molecule is COc1ccccc1Cc1cnc([C@H]2CCCCN2C(=O)c2nccn2C)o1. The topological polar surface area (TPSA) is 73.4 Å². The van der Waals surface area contributed by atoms with Crippen molar-refractivity contribution >= 4 is 5.91 Å². The molecule has 0 bridgehead atoms. The number of nitrogens with zero attached hydrogens (tertiary/aromatic N) is 4. The predicted octanol–water partition coefficient (Wildman–Crippen LogP) is 3.37. The lowest BCUT2D eigenvalue weighted by Gasteiger charge is -2.33. The number of amides is 1. The van der Waals surface area contributed by atoms with Crippen LogP contribution in [0.1, 0.15) is 53.1 Å². The van der Waals surface area contributed by atoms with Crippen molar-refractivity contribution < 1.29 is 13.9 Å². The van der Waals surface area contributed by atoms with Gasteiger partial charge in [-0.25, -0.2) is 9.97 Å². The van der Waals surface area contributed by atoms with Gasteiger partial charge in [-0.3, -0.25) is 4.79 Å².